The van der Waals surface area contributed by atoms with Crippen LogP contribution in [0.5, 0.6) is 0 Å². The van der Waals surface area contributed by atoms with Gasteiger partial charge < -0.3 is 20.5 Å². The predicted octanol–water partition coefficient (Wildman–Crippen LogP) is 1.07. The van der Waals surface area contributed by atoms with Crippen LogP contribution in [0.1, 0.15) is 5.76 Å². The van der Waals surface area contributed by atoms with Gasteiger partial charge in [-0.2, -0.15) is 0 Å². The monoisotopic (exact) mass is 254 g/mol. The van der Waals surface area contributed by atoms with Crippen LogP contribution in [0.2, 0.25) is 0 Å². The van der Waals surface area contributed by atoms with Crippen LogP contribution in [0.4, 0.5) is 11.5 Å². The molecule has 0 aliphatic carbocycles. The zero-order valence-electron chi connectivity index (χ0n) is 9.12. The number of aryl methyl sites for hydroxylation is 1. The first-order chi connectivity index (χ1) is 7.99. The SMILES string of the molecule is Cc1cc(N)no1.Nc1ccc(S(=O)[O-])cc1. The van der Waals surface area contributed by atoms with Crippen LogP contribution in [0.25, 0.3) is 0 Å². The third-order valence-electron chi connectivity index (χ3n) is 1.72. The highest BCUT2D eigenvalue weighted by molar-refractivity contribution is 7.79. The summed E-state index contributed by atoms with van der Waals surface area (Å²) in [5.41, 5.74) is 11.1. The Kier molecular flexibility index (Phi) is 4.68. The molecule has 0 radical (unpaired) electrons. The van der Waals surface area contributed by atoms with Crippen LogP contribution < -0.4 is 11.5 Å². The molecule has 0 spiro atoms. The maximum absolute atomic E-state index is 10.3. The minimum absolute atomic E-state index is 0.259. The van der Waals surface area contributed by atoms with Crippen molar-refractivity contribution in [2.45, 2.75) is 11.8 Å². The van der Waals surface area contributed by atoms with Gasteiger partial charge in [0.1, 0.15) is 5.76 Å². The van der Waals surface area contributed by atoms with Crippen molar-refractivity contribution < 1.29 is 13.3 Å². The molecule has 1 aromatic heterocycles. The molecule has 92 valence electrons. The molecule has 2 rings (SSSR count). The number of nitrogen functional groups attached to an aromatic ring is 2. The second-order valence-electron chi connectivity index (χ2n) is 3.17. The van der Waals surface area contributed by atoms with E-state index in [-0.39, 0.29) is 4.90 Å². The van der Waals surface area contributed by atoms with Crippen molar-refractivity contribution >= 4 is 22.6 Å². The molecule has 6 nitrogen and oxygen atoms in total. The third kappa shape index (κ3) is 4.66. The zero-order valence-corrected chi connectivity index (χ0v) is 9.94. The fourth-order valence-electron chi connectivity index (χ4n) is 0.965. The Bertz CT molecular complexity index is 479. The summed E-state index contributed by atoms with van der Waals surface area (Å²) < 4.78 is 25.1. The largest absolute Gasteiger partial charge is 0.768 e. The molecule has 7 heteroatoms. The summed E-state index contributed by atoms with van der Waals surface area (Å²) in [6.07, 6.45) is 0. The summed E-state index contributed by atoms with van der Waals surface area (Å²) >= 11 is -2.14. The minimum atomic E-state index is -2.14. The number of hydrogen-bond donors (Lipinski definition) is 2. The van der Waals surface area contributed by atoms with E-state index in [1.807, 2.05) is 0 Å². The number of aromatic nitrogens is 1. The summed E-state index contributed by atoms with van der Waals surface area (Å²) in [6, 6.07) is 7.67. The van der Waals surface area contributed by atoms with Gasteiger partial charge in [0, 0.05) is 16.6 Å². The first-order valence-corrected chi connectivity index (χ1v) is 5.70. The normalized spacial score (nSPS) is 11.4. The van der Waals surface area contributed by atoms with Gasteiger partial charge in [-0.15, -0.1) is 0 Å². The van der Waals surface area contributed by atoms with Crippen molar-refractivity contribution in [3.05, 3.63) is 36.1 Å². The smallest absolute Gasteiger partial charge is 0.167 e. The fraction of sp³-hybridized carbons (Fsp3) is 0.100. The lowest BCUT2D eigenvalue weighted by molar-refractivity contribution is 0.400. The van der Waals surface area contributed by atoms with Gasteiger partial charge in [0.2, 0.25) is 0 Å². The van der Waals surface area contributed by atoms with Crippen LogP contribution >= 0.6 is 0 Å². The standard InChI is InChI=1S/C6H7NO2S.C4H6N2O/c7-5-1-3-6(4-2-5)10(8)9;1-3-2-4(5)6-7-3/h1-4H,7H2,(H,8,9);2H,1H3,(H2,5,6)/p-1. The van der Waals surface area contributed by atoms with Crippen LogP contribution in [-0.2, 0) is 11.1 Å². The lowest BCUT2D eigenvalue weighted by Crippen LogP contribution is -1.89. The lowest BCUT2D eigenvalue weighted by atomic mass is 10.3. The molecule has 1 heterocycles. The Morgan fingerprint density at radius 3 is 2.18 bits per heavy atom. The van der Waals surface area contributed by atoms with E-state index < -0.39 is 11.1 Å². The Morgan fingerprint density at radius 1 is 1.29 bits per heavy atom. The van der Waals surface area contributed by atoms with E-state index >= 15 is 0 Å². The number of rotatable bonds is 1. The van der Waals surface area contributed by atoms with Crippen LogP contribution in [0.15, 0.2) is 39.8 Å². The minimum Gasteiger partial charge on any atom is -0.768 e. The Morgan fingerprint density at radius 2 is 1.88 bits per heavy atom. The Hall–Kier alpha value is -1.86. The molecule has 2 aromatic rings. The molecule has 0 saturated carbocycles. The van der Waals surface area contributed by atoms with Gasteiger partial charge in [-0.1, -0.05) is 5.16 Å². The van der Waals surface area contributed by atoms with E-state index in [1.165, 1.54) is 12.1 Å². The van der Waals surface area contributed by atoms with Gasteiger partial charge in [0.05, 0.1) is 0 Å². The van der Waals surface area contributed by atoms with E-state index in [4.69, 9.17) is 11.5 Å². The van der Waals surface area contributed by atoms with Gasteiger partial charge in [0.15, 0.2) is 5.82 Å². The summed E-state index contributed by atoms with van der Waals surface area (Å²) in [5, 5.41) is 3.42. The van der Waals surface area contributed by atoms with Crippen molar-refractivity contribution in [3.63, 3.8) is 0 Å². The number of nitrogens with zero attached hydrogens (tertiary/aromatic N) is 1. The highest BCUT2D eigenvalue weighted by Crippen LogP contribution is 2.07. The van der Waals surface area contributed by atoms with E-state index in [2.05, 4.69) is 9.68 Å². The van der Waals surface area contributed by atoms with E-state index in [1.54, 1.807) is 25.1 Å². The van der Waals surface area contributed by atoms with Crippen molar-refractivity contribution in [1.82, 2.24) is 5.16 Å². The van der Waals surface area contributed by atoms with Gasteiger partial charge in [-0.05, 0) is 42.3 Å². The molecule has 0 bridgehead atoms. The van der Waals surface area contributed by atoms with E-state index in [0.29, 0.717) is 11.5 Å². The fourth-order valence-corrected chi connectivity index (χ4v) is 1.32. The molecule has 1 unspecified atom stereocenters. The Labute approximate surface area is 101 Å². The third-order valence-corrected chi connectivity index (χ3v) is 2.38. The maximum Gasteiger partial charge on any atom is 0.167 e. The molecule has 4 N–H and O–H groups in total. The quantitative estimate of drug-likeness (QED) is 0.580. The van der Waals surface area contributed by atoms with Crippen LogP contribution in [0, 0.1) is 6.92 Å². The average molecular weight is 254 g/mol. The van der Waals surface area contributed by atoms with Crippen molar-refractivity contribution in [2.24, 2.45) is 0 Å². The van der Waals surface area contributed by atoms with Crippen LogP contribution in [-0.4, -0.2) is 13.9 Å². The molecular formula is C10H12N3O3S-. The summed E-state index contributed by atoms with van der Waals surface area (Å²) in [4.78, 5) is 0.259. The summed E-state index contributed by atoms with van der Waals surface area (Å²) in [5.74, 6) is 1.19. The highest BCUT2D eigenvalue weighted by atomic mass is 32.2. The topological polar surface area (TPSA) is 118 Å². The maximum atomic E-state index is 10.3. The molecule has 0 aliphatic heterocycles. The van der Waals surface area contributed by atoms with Crippen LogP contribution in [0.3, 0.4) is 0 Å². The van der Waals surface area contributed by atoms with E-state index in [0.717, 1.165) is 5.76 Å². The molecule has 1 atom stereocenters. The van der Waals surface area contributed by atoms with Crippen molar-refractivity contribution in [2.75, 3.05) is 11.5 Å². The van der Waals surface area contributed by atoms with Gasteiger partial charge in [0.25, 0.3) is 0 Å². The highest BCUT2D eigenvalue weighted by Gasteiger charge is 1.89. The molecule has 0 saturated heterocycles. The molecule has 1 aromatic carbocycles. The molecular weight excluding hydrogens is 242 g/mol. The van der Waals surface area contributed by atoms with Crippen molar-refractivity contribution in [1.29, 1.82) is 0 Å². The van der Waals surface area contributed by atoms with Crippen molar-refractivity contribution in [3.8, 4) is 0 Å². The summed E-state index contributed by atoms with van der Waals surface area (Å²) in [7, 11) is 0. The average Bonchev–Trinajstić information content (AvgIpc) is 2.64. The molecule has 17 heavy (non-hydrogen) atoms. The second kappa shape index (κ2) is 6.02. The summed E-state index contributed by atoms with van der Waals surface area (Å²) in [6.45, 7) is 1.80. The molecule has 0 amide bonds. The number of anilines is 2. The van der Waals surface area contributed by atoms with Gasteiger partial charge >= 0.3 is 0 Å². The number of nitrogens with two attached hydrogens (primary N) is 2. The number of hydrogen-bond acceptors (Lipinski definition) is 6. The number of benzene rings is 1. The van der Waals surface area contributed by atoms with Gasteiger partial charge in [-0.3, -0.25) is 4.21 Å². The van der Waals surface area contributed by atoms with E-state index in [9.17, 15) is 8.76 Å². The van der Waals surface area contributed by atoms with Gasteiger partial charge in [-0.25, -0.2) is 0 Å². The Balaban J connectivity index is 0.000000181. The predicted molar refractivity (Wildman–Crippen MR) is 63.7 cm³/mol. The first-order valence-electron chi connectivity index (χ1n) is 4.62. The first kappa shape index (κ1) is 13.2. The lowest BCUT2D eigenvalue weighted by Gasteiger charge is -2.03. The molecule has 0 aliphatic rings. The zero-order chi connectivity index (χ0) is 12.8. The second-order valence-corrected chi connectivity index (χ2v) is 4.11. The molecule has 0 fully saturated rings.